The topological polar surface area (TPSA) is 66.8 Å². The Bertz CT molecular complexity index is 235. The van der Waals surface area contributed by atoms with Gasteiger partial charge < -0.3 is 4.74 Å². The molecule has 0 spiro atoms. The first-order chi connectivity index (χ1) is 6.08. The summed E-state index contributed by atoms with van der Waals surface area (Å²) >= 11 is 0. The van der Waals surface area contributed by atoms with Crippen molar-refractivity contribution < 1.29 is 17.7 Å². The molecule has 0 radical (unpaired) electrons. The van der Waals surface area contributed by atoms with Gasteiger partial charge in [0.05, 0.1) is 13.2 Å². The Kier molecular flexibility index (Phi) is 4.47. The normalized spacial score (nSPS) is 20.4. The molecule has 13 heavy (non-hydrogen) atoms. The molecule has 0 unspecified atom stereocenters. The molecule has 1 heterocycles. The Labute approximate surface area is 81.6 Å². The standard InChI is InChI=1S/C6H13NO4S2/c8-13(9,10)12-6-3-7-1-4-11-5-2-7/h1-6H2,(H,8,9,10). The van der Waals surface area contributed by atoms with Gasteiger partial charge in [0.25, 0.3) is 0 Å². The molecule has 0 amide bonds. The minimum Gasteiger partial charge on any atom is -0.379 e. The van der Waals surface area contributed by atoms with Gasteiger partial charge in [-0.3, -0.25) is 9.45 Å². The summed E-state index contributed by atoms with van der Waals surface area (Å²) in [7, 11) is -3.29. The highest BCUT2D eigenvalue weighted by Crippen LogP contribution is 2.09. The monoisotopic (exact) mass is 227 g/mol. The Morgan fingerprint density at radius 2 is 2.00 bits per heavy atom. The van der Waals surface area contributed by atoms with E-state index in [9.17, 15) is 8.42 Å². The first-order valence-electron chi connectivity index (χ1n) is 4.00. The lowest BCUT2D eigenvalue weighted by molar-refractivity contribution is 0.0410. The number of hydrogen-bond acceptors (Lipinski definition) is 5. The zero-order valence-corrected chi connectivity index (χ0v) is 8.81. The van der Waals surface area contributed by atoms with E-state index in [1.165, 1.54) is 0 Å². The van der Waals surface area contributed by atoms with Crippen molar-refractivity contribution in [1.29, 1.82) is 0 Å². The highest BCUT2D eigenvalue weighted by Gasteiger charge is 2.11. The Hall–Kier alpha value is 0.180. The summed E-state index contributed by atoms with van der Waals surface area (Å²) in [4.78, 5) is 2.11. The molecular weight excluding hydrogens is 214 g/mol. The van der Waals surface area contributed by atoms with E-state index in [1.54, 1.807) is 0 Å². The molecule has 1 aliphatic rings. The largest absolute Gasteiger partial charge is 0.379 e. The third kappa shape index (κ3) is 5.48. The van der Waals surface area contributed by atoms with Crippen LogP contribution < -0.4 is 0 Å². The van der Waals surface area contributed by atoms with Gasteiger partial charge in [0.15, 0.2) is 0 Å². The molecule has 0 aliphatic carbocycles. The summed E-state index contributed by atoms with van der Waals surface area (Å²) in [6, 6.07) is 0. The van der Waals surface area contributed by atoms with Crippen LogP contribution in [0.3, 0.4) is 0 Å². The first-order valence-corrected chi connectivity index (χ1v) is 6.94. The number of ether oxygens (including phenoxy) is 1. The van der Waals surface area contributed by atoms with Gasteiger partial charge >= 0.3 is 9.15 Å². The molecule has 0 aromatic rings. The van der Waals surface area contributed by atoms with Crippen molar-refractivity contribution in [3.63, 3.8) is 0 Å². The van der Waals surface area contributed by atoms with Gasteiger partial charge in [-0.1, -0.05) is 0 Å². The molecule has 5 nitrogen and oxygen atoms in total. The van der Waals surface area contributed by atoms with E-state index in [1.807, 2.05) is 0 Å². The van der Waals surface area contributed by atoms with Crippen molar-refractivity contribution in [3.8, 4) is 0 Å². The molecule has 0 saturated carbocycles. The molecule has 0 aromatic heterocycles. The smallest absolute Gasteiger partial charge is 0.319 e. The van der Waals surface area contributed by atoms with Crippen molar-refractivity contribution in [2.24, 2.45) is 0 Å². The molecule has 1 rings (SSSR count). The van der Waals surface area contributed by atoms with Crippen LogP contribution >= 0.6 is 10.8 Å². The SMILES string of the molecule is O=S(=O)(O)SCCN1CCOCC1. The molecule has 1 aliphatic heterocycles. The average molecular weight is 227 g/mol. The summed E-state index contributed by atoms with van der Waals surface area (Å²) in [5, 5.41) is 0. The average Bonchev–Trinajstić information content (AvgIpc) is 2.04. The molecule has 1 N–H and O–H groups in total. The van der Waals surface area contributed by atoms with Crippen LogP contribution in [-0.4, -0.2) is 56.5 Å². The van der Waals surface area contributed by atoms with Crippen molar-refractivity contribution in [1.82, 2.24) is 4.90 Å². The van der Waals surface area contributed by atoms with Crippen LogP contribution in [0, 0.1) is 0 Å². The predicted molar refractivity (Wildman–Crippen MR) is 51.3 cm³/mol. The molecule has 1 fully saturated rings. The predicted octanol–water partition coefficient (Wildman–Crippen LogP) is -0.145. The lowest BCUT2D eigenvalue weighted by Crippen LogP contribution is -2.37. The second-order valence-corrected chi connectivity index (χ2v) is 6.17. The van der Waals surface area contributed by atoms with Crippen LogP contribution in [0.5, 0.6) is 0 Å². The van der Waals surface area contributed by atoms with Crippen LogP contribution in [0.4, 0.5) is 0 Å². The number of morpholine rings is 1. The summed E-state index contributed by atoms with van der Waals surface area (Å²) in [5.74, 6) is 0.402. The highest BCUT2D eigenvalue weighted by molar-refractivity contribution is 8.69. The summed E-state index contributed by atoms with van der Waals surface area (Å²) < 4.78 is 34.3. The van der Waals surface area contributed by atoms with Crippen molar-refractivity contribution in [2.45, 2.75) is 0 Å². The quantitative estimate of drug-likeness (QED) is 0.532. The molecule has 0 atom stereocenters. The van der Waals surface area contributed by atoms with Crippen molar-refractivity contribution in [3.05, 3.63) is 0 Å². The molecule has 7 heteroatoms. The van der Waals surface area contributed by atoms with Crippen LogP contribution in [-0.2, 0) is 13.9 Å². The van der Waals surface area contributed by atoms with Gasteiger partial charge in [-0.15, -0.1) is 0 Å². The Morgan fingerprint density at radius 1 is 1.38 bits per heavy atom. The maximum Gasteiger partial charge on any atom is 0.319 e. The fraction of sp³-hybridized carbons (Fsp3) is 1.00. The number of rotatable bonds is 4. The van der Waals surface area contributed by atoms with Gasteiger partial charge in [0.1, 0.15) is 0 Å². The van der Waals surface area contributed by atoms with Gasteiger partial charge in [0, 0.05) is 25.4 Å². The fourth-order valence-electron chi connectivity index (χ4n) is 1.10. The van der Waals surface area contributed by atoms with Gasteiger partial charge in [-0.05, 0) is 10.8 Å². The summed E-state index contributed by atoms with van der Waals surface area (Å²) in [6.45, 7) is 3.76. The minimum absolute atomic E-state index is 0.402. The lowest BCUT2D eigenvalue weighted by Gasteiger charge is -2.25. The van der Waals surface area contributed by atoms with Crippen molar-refractivity contribution >= 4 is 19.9 Å². The molecular formula is C6H13NO4S2. The van der Waals surface area contributed by atoms with Crippen molar-refractivity contribution in [2.75, 3.05) is 38.6 Å². The van der Waals surface area contributed by atoms with E-state index in [0.717, 1.165) is 13.1 Å². The third-order valence-electron chi connectivity index (χ3n) is 1.74. The molecule has 78 valence electrons. The van der Waals surface area contributed by atoms with Gasteiger partial charge in [0.2, 0.25) is 0 Å². The van der Waals surface area contributed by atoms with Gasteiger partial charge in [-0.25, -0.2) is 0 Å². The Morgan fingerprint density at radius 3 is 2.54 bits per heavy atom. The van der Waals surface area contributed by atoms with E-state index in [4.69, 9.17) is 9.29 Å². The zero-order valence-electron chi connectivity index (χ0n) is 7.18. The second kappa shape index (κ2) is 5.16. The van der Waals surface area contributed by atoms with Crippen LogP contribution in [0.25, 0.3) is 0 Å². The molecule has 0 aromatic carbocycles. The highest BCUT2D eigenvalue weighted by atomic mass is 33.1. The lowest BCUT2D eigenvalue weighted by atomic mass is 10.4. The fourth-order valence-corrected chi connectivity index (χ4v) is 2.50. The molecule has 1 saturated heterocycles. The van der Waals surface area contributed by atoms with E-state index < -0.39 is 9.15 Å². The summed E-state index contributed by atoms with van der Waals surface area (Å²) in [5.41, 5.74) is 0. The molecule has 0 bridgehead atoms. The van der Waals surface area contributed by atoms with E-state index in [-0.39, 0.29) is 0 Å². The maximum atomic E-state index is 10.3. The summed E-state index contributed by atoms with van der Waals surface area (Å²) in [6.07, 6.45) is 0. The maximum absolute atomic E-state index is 10.3. The Balaban J connectivity index is 2.11. The van der Waals surface area contributed by atoms with Gasteiger partial charge in [-0.2, -0.15) is 8.42 Å². The zero-order chi connectivity index (χ0) is 9.73. The van der Waals surface area contributed by atoms with E-state index in [0.29, 0.717) is 36.3 Å². The second-order valence-electron chi connectivity index (χ2n) is 2.70. The van der Waals surface area contributed by atoms with Crippen LogP contribution in [0.1, 0.15) is 0 Å². The van der Waals surface area contributed by atoms with E-state index in [2.05, 4.69) is 4.90 Å². The first kappa shape index (κ1) is 11.3. The number of hydrogen-bond donors (Lipinski definition) is 1. The van der Waals surface area contributed by atoms with E-state index >= 15 is 0 Å². The minimum atomic E-state index is -3.87. The number of nitrogens with zero attached hydrogens (tertiary/aromatic N) is 1. The van der Waals surface area contributed by atoms with Crippen LogP contribution in [0.15, 0.2) is 0 Å². The third-order valence-corrected chi connectivity index (χ3v) is 3.78. The van der Waals surface area contributed by atoms with Crippen LogP contribution in [0.2, 0.25) is 0 Å².